The van der Waals surface area contributed by atoms with Crippen molar-refractivity contribution in [3.8, 4) is 0 Å². The molecule has 0 fully saturated rings. The number of rotatable bonds is 7. The third-order valence-corrected chi connectivity index (χ3v) is 1.94. The van der Waals surface area contributed by atoms with Crippen molar-refractivity contribution < 1.29 is 4.79 Å². The highest BCUT2D eigenvalue weighted by Crippen LogP contribution is 1.95. The SMILES string of the molecule is CCNC(=O)[C@H](CCCNC)NC. The van der Waals surface area contributed by atoms with Crippen molar-refractivity contribution in [3.05, 3.63) is 0 Å². The number of carbonyl (C=O) groups excluding carboxylic acids is 1. The lowest BCUT2D eigenvalue weighted by Gasteiger charge is -2.14. The zero-order valence-corrected chi connectivity index (χ0v) is 8.81. The zero-order chi connectivity index (χ0) is 10.1. The maximum absolute atomic E-state index is 11.4. The van der Waals surface area contributed by atoms with Gasteiger partial charge in [0.1, 0.15) is 0 Å². The number of hydrogen-bond donors (Lipinski definition) is 3. The van der Waals surface area contributed by atoms with E-state index in [1.54, 1.807) is 0 Å². The summed E-state index contributed by atoms with van der Waals surface area (Å²) in [6.07, 6.45) is 1.89. The Kier molecular flexibility index (Phi) is 7.63. The van der Waals surface area contributed by atoms with Crippen LogP contribution in [0.15, 0.2) is 0 Å². The lowest BCUT2D eigenvalue weighted by molar-refractivity contribution is -0.123. The molecule has 0 saturated carbocycles. The topological polar surface area (TPSA) is 53.2 Å². The van der Waals surface area contributed by atoms with Crippen molar-refractivity contribution in [2.75, 3.05) is 27.2 Å². The minimum Gasteiger partial charge on any atom is -0.355 e. The van der Waals surface area contributed by atoms with E-state index in [2.05, 4.69) is 16.0 Å². The van der Waals surface area contributed by atoms with Crippen molar-refractivity contribution in [1.29, 1.82) is 0 Å². The summed E-state index contributed by atoms with van der Waals surface area (Å²) >= 11 is 0. The van der Waals surface area contributed by atoms with Gasteiger partial charge < -0.3 is 16.0 Å². The summed E-state index contributed by atoms with van der Waals surface area (Å²) in [5, 5.41) is 8.87. The predicted octanol–water partition coefficient (Wildman–Crippen LogP) is -0.290. The first-order valence-corrected chi connectivity index (χ1v) is 4.85. The van der Waals surface area contributed by atoms with Crippen LogP contribution in [0.4, 0.5) is 0 Å². The van der Waals surface area contributed by atoms with Gasteiger partial charge in [-0.15, -0.1) is 0 Å². The van der Waals surface area contributed by atoms with Crippen LogP contribution in [0.1, 0.15) is 19.8 Å². The largest absolute Gasteiger partial charge is 0.355 e. The van der Waals surface area contributed by atoms with Crippen molar-refractivity contribution >= 4 is 5.91 Å². The monoisotopic (exact) mass is 187 g/mol. The van der Waals surface area contributed by atoms with Gasteiger partial charge in [0.15, 0.2) is 0 Å². The fraction of sp³-hybridized carbons (Fsp3) is 0.889. The summed E-state index contributed by atoms with van der Waals surface area (Å²) in [5.74, 6) is 0.0982. The fourth-order valence-electron chi connectivity index (χ4n) is 1.19. The minimum absolute atomic E-state index is 0.0479. The normalized spacial score (nSPS) is 12.5. The Bertz CT molecular complexity index is 139. The molecule has 0 heterocycles. The molecule has 0 aliphatic carbocycles. The molecule has 78 valence electrons. The summed E-state index contributed by atoms with van der Waals surface area (Å²) in [5.41, 5.74) is 0. The van der Waals surface area contributed by atoms with E-state index >= 15 is 0 Å². The molecule has 0 bridgehead atoms. The van der Waals surface area contributed by atoms with E-state index in [0.717, 1.165) is 19.4 Å². The van der Waals surface area contributed by atoms with Crippen LogP contribution in [0.3, 0.4) is 0 Å². The molecule has 1 atom stereocenters. The highest BCUT2D eigenvalue weighted by atomic mass is 16.2. The van der Waals surface area contributed by atoms with Crippen LogP contribution in [-0.4, -0.2) is 39.1 Å². The minimum atomic E-state index is -0.0479. The Labute approximate surface area is 80.5 Å². The van der Waals surface area contributed by atoms with Gasteiger partial charge in [-0.25, -0.2) is 0 Å². The van der Waals surface area contributed by atoms with Crippen molar-refractivity contribution in [2.24, 2.45) is 0 Å². The van der Waals surface area contributed by atoms with Crippen LogP contribution in [0.5, 0.6) is 0 Å². The summed E-state index contributed by atoms with van der Waals surface area (Å²) in [6.45, 7) is 3.58. The first-order valence-electron chi connectivity index (χ1n) is 4.85. The van der Waals surface area contributed by atoms with Gasteiger partial charge in [0.2, 0.25) is 5.91 Å². The van der Waals surface area contributed by atoms with E-state index < -0.39 is 0 Å². The molecule has 0 spiro atoms. The van der Waals surface area contributed by atoms with E-state index in [4.69, 9.17) is 0 Å². The van der Waals surface area contributed by atoms with E-state index in [0.29, 0.717) is 6.54 Å². The second-order valence-corrected chi connectivity index (χ2v) is 2.98. The van der Waals surface area contributed by atoms with E-state index in [1.165, 1.54) is 0 Å². The molecule has 0 saturated heterocycles. The summed E-state index contributed by atoms with van der Waals surface area (Å²) in [4.78, 5) is 11.4. The molecule has 0 aromatic heterocycles. The van der Waals surface area contributed by atoms with Gasteiger partial charge in [0, 0.05) is 6.54 Å². The van der Waals surface area contributed by atoms with Gasteiger partial charge in [-0.05, 0) is 40.4 Å². The zero-order valence-electron chi connectivity index (χ0n) is 8.81. The second kappa shape index (κ2) is 8.01. The molecule has 4 nitrogen and oxygen atoms in total. The molecule has 0 aliphatic heterocycles. The predicted molar refractivity (Wildman–Crippen MR) is 54.7 cm³/mol. The molecule has 3 N–H and O–H groups in total. The van der Waals surface area contributed by atoms with Crippen LogP contribution >= 0.6 is 0 Å². The van der Waals surface area contributed by atoms with E-state index in [-0.39, 0.29) is 11.9 Å². The number of hydrogen-bond acceptors (Lipinski definition) is 3. The Hall–Kier alpha value is -0.610. The number of likely N-dealkylation sites (N-methyl/N-ethyl adjacent to an activating group) is 2. The fourth-order valence-corrected chi connectivity index (χ4v) is 1.19. The highest BCUT2D eigenvalue weighted by molar-refractivity contribution is 5.81. The Balaban J connectivity index is 3.67. The summed E-state index contributed by atoms with van der Waals surface area (Å²) < 4.78 is 0. The quantitative estimate of drug-likeness (QED) is 0.480. The third kappa shape index (κ3) is 5.60. The molecule has 0 radical (unpaired) electrons. The van der Waals surface area contributed by atoms with Crippen molar-refractivity contribution in [1.82, 2.24) is 16.0 Å². The Morgan fingerprint density at radius 2 is 2.08 bits per heavy atom. The smallest absolute Gasteiger partial charge is 0.237 e. The average molecular weight is 187 g/mol. The van der Waals surface area contributed by atoms with Crippen LogP contribution in [0, 0.1) is 0 Å². The lowest BCUT2D eigenvalue weighted by Crippen LogP contribution is -2.42. The van der Waals surface area contributed by atoms with Crippen LogP contribution in [-0.2, 0) is 4.79 Å². The van der Waals surface area contributed by atoms with E-state index in [1.807, 2.05) is 21.0 Å². The molecule has 4 heteroatoms. The number of amides is 1. The Morgan fingerprint density at radius 3 is 2.54 bits per heavy atom. The van der Waals surface area contributed by atoms with Gasteiger partial charge in [-0.2, -0.15) is 0 Å². The molecule has 0 aromatic carbocycles. The van der Waals surface area contributed by atoms with E-state index in [9.17, 15) is 4.79 Å². The van der Waals surface area contributed by atoms with Crippen LogP contribution < -0.4 is 16.0 Å². The molecule has 13 heavy (non-hydrogen) atoms. The lowest BCUT2D eigenvalue weighted by atomic mass is 10.1. The maximum atomic E-state index is 11.4. The van der Waals surface area contributed by atoms with Gasteiger partial charge in [-0.3, -0.25) is 4.79 Å². The number of nitrogens with one attached hydrogen (secondary N) is 3. The third-order valence-electron chi connectivity index (χ3n) is 1.94. The molecule has 0 rings (SSSR count). The molecule has 0 aliphatic rings. The van der Waals surface area contributed by atoms with Gasteiger partial charge >= 0.3 is 0 Å². The maximum Gasteiger partial charge on any atom is 0.237 e. The molecule has 0 unspecified atom stereocenters. The molecule has 0 aromatic rings. The Morgan fingerprint density at radius 1 is 1.38 bits per heavy atom. The van der Waals surface area contributed by atoms with Crippen LogP contribution in [0.2, 0.25) is 0 Å². The molecule has 1 amide bonds. The highest BCUT2D eigenvalue weighted by Gasteiger charge is 2.13. The second-order valence-electron chi connectivity index (χ2n) is 2.98. The van der Waals surface area contributed by atoms with Crippen molar-refractivity contribution in [2.45, 2.75) is 25.8 Å². The van der Waals surface area contributed by atoms with Gasteiger partial charge in [0.05, 0.1) is 6.04 Å². The van der Waals surface area contributed by atoms with Gasteiger partial charge in [-0.1, -0.05) is 0 Å². The van der Waals surface area contributed by atoms with Crippen LogP contribution in [0.25, 0.3) is 0 Å². The number of carbonyl (C=O) groups is 1. The average Bonchev–Trinajstić information content (AvgIpc) is 2.13. The van der Waals surface area contributed by atoms with Crippen molar-refractivity contribution in [3.63, 3.8) is 0 Å². The first kappa shape index (κ1) is 12.4. The summed E-state index contributed by atoms with van der Waals surface area (Å²) in [7, 11) is 3.74. The first-order chi connectivity index (χ1) is 6.26. The standard InChI is InChI=1S/C9H21N3O/c1-4-12-9(13)8(11-3)6-5-7-10-2/h8,10-11H,4-7H2,1-3H3,(H,12,13)/t8-/m0/s1. The molecular weight excluding hydrogens is 166 g/mol. The molecular formula is C9H21N3O. The van der Waals surface area contributed by atoms with Gasteiger partial charge in [0.25, 0.3) is 0 Å². The summed E-state index contributed by atoms with van der Waals surface area (Å²) in [6, 6.07) is -0.0479.